The van der Waals surface area contributed by atoms with Gasteiger partial charge >= 0.3 is 0 Å². The molecule has 3 nitrogen and oxygen atoms in total. The fourth-order valence-corrected chi connectivity index (χ4v) is 3.48. The molecule has 1 rings (SSSR count). The van der Waals surface area contributed by atoms with Gasteiger partial charge in [-0.25, -0.2) is 0 Å². The molecule has 0 amide bonds. The molecule has 2 unspecified atom stereocenters. The Morgan fingerprint density at radius 3 is 2.42 bits per heavy atom. The van der Waals surface area contributed by atoms with Gasteiger partial charge in [0.05, 0.1) is 5.60 Å². The van der Waals surface area contributed by atoms with Gasteiger partial charge in [0.1, 0.15) is 0 Å². The second-order valence-electron chi connectivity index (χ2n) is 5.90. The molecule has 3 heteroatoms. The zero-order valence-electron chi connectivity index (χ0n) is 13.3. The lowest BCUT2D eigenvalue weighted by Gasteiger charge is -2.41. The van der Waals surface area contributed by atoms with Crippen molar-refractivity contribution in [3.8, 4) is 0 Å². The van der Waals surface area contributed by atoms with Gasteiger partial charge in [0, 0.05) is 26.4 Å². The number of nitrogens with one attached hydrogen (secondary N) is 1. The van der Waals surface area contributed by atoms with Crippen molar-refractivity contribution in [2.24, 2.45) is 5.92 Å². The molecule has 0 aromatic carbocycles. The fraction of sp³-hybridized carbons (Fsp3) is 1.00. The van der Waals surface area contributed by atoms with Gasteiger partial charge in [-0.15, -0.1) is 0 Å². The Balaban J connectivity index is 2.73. The van der Waals surface area contributed by atoms with Crippen LogP contribution in [0, 0.1) is 5.92 Å². The van der Waals surface area contributed by atoms with Crippen LogP contribution in [0.2, 0.25) is 0 Å². The van der Waals surface area contributed by atoms with Gasteiger partial charge < -0.3 is 14.8 Å². The lowest BCUT2D eigenvalue weighted by atomic mass is 9.82. The van der Waals surface area contributed by atoms with Crippen molar-refractivity contribution in [2.75, 3.05) is 26.9 Å². The molecule has 0 bridgehead atoms. The van der Waals surface area contributed by atoms with Crippen molar-refractivity contribution in [1.82, 2.24) is 5.32 Å². The van der Waals surface area contributed by atoms with E-state index < -0.39 is 0 Å². The fourth-order valence-electron chi connectivity index (χ4n) is 3.48. The summed E-state index contributed by atoms with van der Waals surface area (Å²) >= 11 is 0. The minimum Gasteiger partial charge on any atom is -0.385 e. The Morgan fingerprint density at radius 2 is 1.89 bits per heavy atom. The smallest absolute Gasteiger partial charge is 0.0837 e. The standard InChI is InChI=1S/C16H33NO2/c1-5-12-17-15(14(3)9-13-18-4)16(19-6-2)10-7-8-11-16/h14-15,17H,5-13H2,1-4H3. The van der Waals surface area contributed by atoms with Gasteiger partial charge in [-0.1, -0.05) is 26.7 Å². The summed E-state index contributed by atoms with van der Waals surface area (Å²) in [6.45, 7) is 9.43. The van der Waals surface area contributed by atoms with Gasteiger partial charge in [-0.05, 0) is 45.1 Å². The van der Waals surface area contributed by atoms with Gasteiger partial charge in [0.2, 0.25) is 0 Å². The molecule has 1 fully saturated rings. The zero-order chi connectivity index (χ0) is 14.1. The average Bonchev–Trinajstić information content (AvgIpc) is 2.86. The summed E-state index contributed by atoms with van der Waals surface area (Å²) in [5.41, 5.74) is 0.0665. The minimum absolute atomic E-state index is 0.0665. The van der Waals surface area contributed by atoms with Crippen LogP contribution < -0.4 is 5.32 Å². The van der Waals surface area contributed by atoms with E-state index in [9.17, 15) is 0 Å². The SMILES string of the molecule is CCCNC(C(C)CCOC)C1(OCC)CCCC1. The summed E-state index contributed by atoms with van der Waals surface area (Å²) in [5.74, 6) is 0.594. The summed E-state index contributed by atoms with van der Waals surface area (Å²) in [7, 11) is 1.79. The van der Waals surface area contributed by atoms with E-state index in [0.717, 1.165) is 26.2 Å². The molecule has 0 aromatic rings. The van der Waals surface area contributed by atoms with Crippen LogP contribution in [-0.2, 0) is 9.47 Å². The van der Waals surface area contributed by atoms with Gasteiger partial charge in [-0.3, -0.25) is 0 Å². The zero-order valence-corrected chi connectivity index (χ0v) is 13.3. The summed E-state index contributed by atoms with van der Waals surface area (Å²) in [5, 5.41) is 3.77. The molecule has 1 aliphatic rings. The molecule has 0 spiro atoms. The molecule has 0 heterocycles. The Kier molecular flexibility index (Phi) is 7.96. The van der Waals surface area contributed by atoms with Crippen molar-refractivity contribution >= 4 is 0 Å². The largest absolute Gasteiger partial charge is 0.385 e. The maximum Gasteiger partial charge on any atom is 0.0837 e. The molecular formula is C16H33NO2. The maximum atomic E-state index is 6.25. The average molecular weight is 271 g/mol. The van der Waals surface area contributed by atoms with Crippen LogP contribution in [-0.4, -0.2) is 38.5 Å². The van der Waals surface area contributed by atoms with Crippen LogP contribution in [0.1, 0.15) is 59.3 Å². The van der Waals surface area contributed by atoms with Crippen LogP contribution in [0.3, 0.4) is 0 Å². The Morgan fingerprint density at radius 1 is 1.21 bits per heavy atom. The topological polar surface area (TPSA) is 30.5 Å². The number of hydrogen-bond acceptors (Lipinski definition) is 3. The van der Waals surface area contributed by atoms with Crippen LogP contribution in [0.5, 0.6) is 0 Å². The van der Waals surface area contributed by atoms with E-state index >= 15 is 0 Å². The third-order valence-corrected chi connectivity index (χ3v) is 4.41. The van der Waals surface area contributed by atoms with Gasteiger partial charge in [-0.2, -0.15) is 0 Å². The first-order valence-electron chi connectivity index (χ1n) is 8.06. The summed E-state index contributed by atoms with van der Waals surface area (Å²) < 4.78 is 11.5. The highest BCUT2D eigenvalue weighted by atomic mass is 16.5. The highest BCUT2D eigenvalue weighted by Gasteiger charge is 2.43. The van der Waals surface area contributed by atoms with E-state index in [4.69, 9.17) is 9.47 Å². The summed E-state index contributed by atoms with van der Waals surface area (Å²) in [6.07, 6.45) is 7.31. The molecule has 1 aliphatic carbocycles. The number of rotatable bonds is 10. The van der Waals surface area contributed by atoms with E-state index in [1.807, 2.05) is 0 Å². The first-order chi connectivity index (χ1) is 9.20. The molecule has 114 valence electrons. The number of hydrogen-bond donors (Lipinski definition) is 1. The van der Waals surface area contributed by atoms with Crippen molar-refractivity contribution < 1.29 is 9.47 Å². The van der Waals surface area contributed by atoms with E-state index in [1.165, 1.54) is 32.1 Å². The van der Waals surface area contributed by atoms with Crippen molar-refractivity contribution in [3.63, 3.8) is 0 Å². The third kappa shape index (κ3) is 4.73. The summed E-state index contributed by atoms with van der Waals surface area (Å²) in [6, 6.07) is 0.463. The predicted octanol–water partition coefficient (Wildman–Crippen LogP) is 3.38. The molecule has 0 saturated heterocycles. The first-order valence-corrected chi connectivity index (χ1v) is 8.06. The van der Waals surface area contributed by atoms with Crippen molar-refractivity contribution in [1.29, 1.82) is 0 Å². The van der Waals surface area contributed by atoms with E-state index in [0.29, 0.717) is 12.0 Å². The molecule has 19 heavy (non-hydrogen) atoms. The molecule has 1 saturated carbocycles. The molecule has 0 aromatic heterocycles. The summed E-state index contributed by atoms with van der Waals surface area (Å²) in [4.78, 5) is 0. The van der Waals surface area contributed by atoms with Crippen molar-refractivity contribution in [2.45, 2.75) is 70.9 Å². The second kappa shape index (κ2) is 8.93. The highest BCUT2D eigenvalue weighted by molar-refractivity contribution is 4.99. The molecule has 0 radical (unpaired) electrons. The quantitative estimate of drug-likeness (QED) is 0.661. The van der Waals surface area contributed by atoms with E-state index in [2.05, 4.69) is 26.1 Å². The van der Waals surface area contributed by atoms with Crippen LogP contribution in [0.15, 0.2) is 0 Å². The minimum atomic E-state index is 0.0665. The lowest BCUT2D eigenvalue weighted by Crippen LogP contribution is -2.54. The van der Waals surface area contributed by atoms with Crippen LogP contribution >= 0.6 is 0 Å². The third-order valence-electron chi connectivity index (χ3n) is 4.41. The Bertz CT molecular complexity index is 227. The molecule has 0 aliphatic heterocycles. The molecular weight excluding hydrogens is 238 g/mol. The number of methoxy groups -OCH3 is 1. The number of ether oxygens (including phenoxy) is 2. The van der Waals surface area contributed by atoms with Crippen molar-refractivity contribution in [3.05, 3.63) is 0 Å². The Hall–Kier alpha value is -0.120. The normalized spacial score (nSPS) is 21.5. The first kappa shape index (κ1) is 16.9. The maximum absolute atomic E-state index is 6.25. The molecule has 2 atom stereocenters. The molecule has 1 N–H and O–H groups in total. The lowest BCUT2D eigenvalue weighted by molar-refractivity contribution is -0.0757. The van der Waals surface area contributed by atoms with E-state index in [1.54, 1.807) is 7.11 Å². The van der Waals surface area contributed by atoms with Crippen LogP contribution in [0.25, 0.3) is 0 Å². The van der Waals surface area contributed by atoms with Gasteiger partial charge in [0.25, 0.3) is 0 Å². The highest BCUT2D eigenvalue weighted by Crippen LogP contribution is 2.39. The predicted molar refractivity (Wildman–Crippen MR) is 80.6 cm³/mol. The van der Waals surface area contributed by atoms with Crippen LogP contribution in [0.4, 0.5) is 0 Å². The van der Waals surface area contributed by atoms with Gasteiger partial charge in [0.15, 0.2) is 0 Å². The Labute approximate surface area is 119 Å². The second-order valence-corrected chi connectivity index (χ2v) is 5.90. The monoisotopic (exact) mass is 271 g/mol. The van der Waals surface area contributed by atoms with E-state index in [-0.39, 0.29) is 5.60 Å².